The lowest BCUT2D eigenvalue weighted by molar-refractivity contribution is 0.0922. The second-order valence-electron chi connectivity index (χ2n) is 5.02. The minimum absolute atomic E-state index is 0.0314. The number of aromatic nitrogens is 1. The van der Waals surface area contributed by atoms with Crippen LogP contribution >= 0.6 is 11.6 Å². The molecule has 0 radical (unpaired) electrons. The van der Waals surface area contributed by atoms with Crippen molar-refractivity contribution in [1.82, 2.24) is 4.98 Å². The molecule has 0 spiro atoms. The maximum atomic E-state index is 12.2. The fourth-order valence-corrected chi connectivity index (χ4v) is 2.41. The van der Waals surface area contributed by atoms with Gasteiger partial charge in [-0.2, -0.15) is 0 Å². The van der Waals surface area contributed by atoms with Crippen molar-refractivity contribution in [2.45, 2.75) is 6.92 Å². The number of halogens is 1. The van der Waals surface area contributed by atoms with Gasteiger partial charge in [0.25, 0.3) is 0 Å². The van der Waals surface area contributed by atoms with Gasteiger partial charge in [-0.05, 0) is 31.2 Å². The Morgan fingerprint density at radius 2 is 1.91 bits per heavy atom. The zero-order valence-corrected chi connectivity index (χ0v) is 12.8. The van der Waals surface area contributed by atoms with Gasteiger partial charge in [0.2, 0.25) is 0 Å². The van der Waals surface area contributed by atoms with E-state index in [9.17, 15) is 4.79 Å². The molecule has 0 aliphatic carbocycles. The molecule has 0 aliphatic rings. The van der Waals surface area contributed by atoms with Gasteiger partial charge in [0.15, 0.2) is 12.4 Å². The van der Waals surface area contributed by atoms with E-state index in [4.69, 9.17) is 16.3 Å². The summed E-state index contributed by atoms with van der Waals surface area (Å²) in [5, 5.41) is 1.42. The Balaban J connectivity index is 1.81. The first-order valence-corrected chi connectivity index (χ1v) is 7.29. The number of carbonyl (C=O) groups is 1. The number of carbonyl (C=O) groups excluding carboxylic acids is 1. The molecule has 0 saturated carbocycles. The fourth-order valence-electron chi connectivity index (χ4n) is 2.19. The third-order valence-electron chi connectivity index (χ3n) is 3.41. The summed E-state index contributed by atoms with van der Waals surface area (Å²) in [6.45, 7) is 1.95. The maximum Gasteiger partial charge on any atom is 0.200 e. The van der Waals surface area contributed by atoms with Gasteiger partial charge in [0.05, 0.1) is 5.02 Å². The molecule has 4 heteroatoms. The lowest BCUT2D eigenvalue weighted by Gasteiger charge is -2.09. The number of rotatable bonds is 4. The molecule has 3 rings (SSSR count). The topological polar surface area (TPSA) is 39.2 Å². The molecule has 1 heterocycles. The Labute approximate surface area is 133 Å². The minimum atomic E-state index is -0.0703. The number of ether oxygens (including phenoxy) is 1. The van der Waals surface area contributed by atoms with Crippen LogP contribution in [0.1, 0.15) is 15.9 Å². The summed E-state index contributed by atoms with van der Waals surface area (Å²) in [5.41, 5.74) is 2.41. The van der Waals surface area contributed by atoms with Crippen LogP contribution in [0.4, 0.5) is 0 Å². The SMILES string of the molecule is Cc1ccc(C(=O)COc2ccc(Cl)c3cccnc23)cc1. The van der Waals surface area contributed by atoms with Crippen molar-refractivity contribution in [2.24, 2.45) is 0 Å². The molecule has 3 nitrogen and oxygen atoms in total. The Morgan fingerprint density at radius 3 is 2.68 bits per heavy atom. The highest BCUT2D eigenvalue weighted by atomic mass is 35.5. The molecule has 0 bridgehead atoms. The van der Waals surface area contributed by atoms with Gasteiger partial charge >= 0.3 is 0 Å². The van der Waals surface area contributed by atoms with Gasteiger partial charge in [-0.1, -0.05) is 41.4 Å². The molecule has 1 aromatic heterocycles. The van der Waals surface area contributed by atoms with E-state index in [-0.39, 0.29) is 12.4 Å². The second-order valence-corrected chi connectivity index (χ2v) is 5.43. The quantitative estimate of drug-likeness (QED) is 0.668. The monoisotopic (exact) mass is 311 g/mol. The van der Waals surface area contributed by atoms with E-state index in [0.717, 1.165) is 10.9 Å². The first kappa shape index (κ1) is 14.5. The zero-order valence-electron chi connectivity index (χ0n) is 12.0. The van der Waals surface area contributed by atoms with Crippen molar-refractivity contribution in [1.29, 1.82) is 0 Å². The van der Waals surface area contributed by atoms with E-state index in [1.54, 1.807) is 30.5 Å². The van der Waals surface area contributed by atoms with Gasteiger partial charge in [0, 0.05) is 17.1 Å². The smallest absolute Gasteiger partial charge is 0.200 e. The van der Waals surface area contributed by atoms with Gasteiger partial charge in [-0.15, -0.1) is 0 Å². The summed E-state index contributed by atoms with van der Waals surface area (Å²) < 4.78 is 5.65. The van der Waals surface area contributed by atoms with Crippen LogP contribution in [0.25, 0.3) is 10.9 Å². The first-order chi connectivity index (χ1) is 10.6. The Morgan fingerprint density at radius 1 is 1.14 bits per heavy atom. The third kappa shape index (κ3) is 2.95. The number of aryl methyl sites for hydroxylation is 1. The third-order valence-corrected chi connectivity index (χ3v) is 3.74. The molecule has 22 heavy (non-hydrogen) atoms. The van der Waals surface area contributed by atoms with E-state index in [2.05, 4.69) is 4.98 Å². The van der Waals surface area contributed by atoms with Crippen molar-refractivity contribution < 1.29 is 9.53 Å². The molecule has 0 aliphatic heterocycles. The summed E-state index contributed by atoms with van der Waals surface area (Å²) in [4.78, 5) is 16.4. The van der Waals surface area contributed by atoms with Crippen molar-refractivity contribution in [3.8, 4) is 5.75 Å². The Bertz CT molecular complexity index is 828. The highest BCUT2D eigenvalue weighted by Crippen LogP contribution is 2.29. The van der Waals surface area contributed by atoms with E-state index >= 15 is 0 Å². The van der Waals surface area contributed by atoms with Crippen LogP contribution in [0.2, 0.25) is 5.02 Å². The average molecular weight is 312 g/mol. The van der Waals surface area contributed by atoms with Crippen molar-refractivity contribution >= 4 is 28.3 Å². The number of benzene rings is 2. The van der Waals surface area contributed by atoms with E-state index < -0.39 is 0 Å². The molecular weight excluding hydrogens is 298 g/mol. The largest absolute Gasteiger partial charge is 0.483 e. The molecule has 0 atom stereocenters. The van der Waals surface area contributed by atoms with Crippen LogP contribution in [-0.2, 0) is 0 Å². The molecule has 0 fully saturated rings. The number of ketones is 1. The number of pyridine rings is 1. The van der Waals surface area contributed by atoms with Gasteiger partial charge in [-0.25, -0.2) is 0 Å². The van der Waals surface area contributed by atoms with Crippen molar-refractivity contribution in [3.05, 3.63) is 70.9 Å². The molecule has 0 saturated heterocycles. The Hall–Kier alpha value is -2.39. The fraction of sp³-hybridized carbons (Fsp3) is 0.111. The summed E-state index contributed by atoms with van der Waals surface area (Å²) >= 11 is 6.14. The van der Waals surface area contributed by atoms with Crippen molar-refractivity contribution in [3.63, 3.8) is 0 Å². The van der Waals surface area contributed by atoms with Crippen LogP contribution in [0.5, 0.6) is 5.75 Å². The van der Waals surface area contributed by atoms with E-state index in [1.807, 2.05) is 31.2 Å². The van der Waals surface area contributed by atoms with Crippen LogP contribution in [0, 0.1) is 6.92 Å². The summed E-state index contributed by atoms with van der Waals surface area (Å²) in [5.74, 6) is 0.486. The average Bonchev–Trinajstić information content (AvgIpc) is 2.55. The normalized spacial score (nSPS) is 10.6. The number of hydrogen-bond acceptors (Lipinski definition) is 3. The summed E-state index contributed by atoms with van der Waals surface area (Å²) in [6.07, 6.45) is 1.67. The van der Waals surface area contributed by atoms with Gasteiger partial charge in [-0.3, -0.25) is 9.78 Å². The lowest BCUT2D eigenvalue weighted by Crippen LogP contribution is -2.11. The molecule has 2 aromatic carbocycles. The highest BCUT2D eigenvalue weighted by Gasteiger charge is 2.10. The molecule has 0 amide bonds. The minimum Gasteiger partial charge on any atom is -0.483 e. The Kier molecular flexibility index (Phi) is 4.07. The van der Waals surface area contributed by atoms with E-state index in [1.165, 1.54) is 0 Å². The summed E-state index contributed by atoms with van der Waals surface area (Å²) in [7, 11) is 0. The second kappa shape index (κ2) is 6.16. The van der Waals surface area contributed by atoms with Crippen LogP contribution in [-0.4, -0.2) is 17.4 Å². The molecular formula is C18H14ClNO2. The van der Waals surface area contributed by atoms with Gasteiger partial charge in [0.1, 0.15) is 11.3 Å². The van der Waals surface area contributed by atoms with Gasteiger partial charge < -0.3 is 4.74 Å². The molecule has 0 unspecified atom stereocenters. The van der Waals surface area contributed by atoms with Crippen LogP contribution in [0.15, 0.2) is 54.7 Å². The van der Waals surface area contributed by atoms with Crippen LogP contribution < -0.4 is 4.74 Å². The zero-order chi connectivity index (χ0) is 15.5. The number of Topliss-reactive ketones (excluding diaryl/α,β-unsaturated/α-hetero) is 1. The number of nitrogens with zero attached hydrogens (tertiary/aromatic N) is 1. The van der Waals surface area contributed by atoms with Crippen molar-refractivity contribution in [2.75, 3.05) is 6.61 Å². The molecule has 3 aromatic rings. The predicted octanol–water partition coefficient (Wildman–Crippen LogP) is 4.46. The number of hydrogen-bond donors (Lipinski definition) is 0. The van der Waals surface area contributed by atoms with E-state index in [0.29, 0.717) is 21.9 Å². The number of fused-ring (bicyclic) bond motifs is 1. The molecule has 0 N–H and O–H groups in total. The maximum absolute atomic E-state index is 12.2. The first-order valence-electron chi connectivity index (χ1n) is 6.91. The molecule has 110 valence electrons. The lowest BCUT2D eigenvalue weighted by atomic mass is 10.1. The summed E-state index contributed by atoms with van der Waals surface area (Å²) in [6, 6.07) is 14.6. The predicted molar refractivity (Wildman–Crippen MR) is 87.8 cm³/mol. The standard InChI is InChI=1S/C18H14ClNO2/c1-12-4-6-13(7-5-12)16(21)11-22-17-9-8-15(19)14-3-2-10-20-18(14)17/h2-10H,11H2,1H3. The van der Waals surface area contributed by atoms with Crippen LogP contribution in [0.3, 0.4) is 0 Å². The highest BCUT2D eigenvalue weighted by molar-refractivity contribution is 6.35.